The Morgan fingerprint density at radius 2 is 1.97 bits per heavy atom. The van der Waals surface area contributed by atoms with Crippen molar-refractivity contribution in [2.24, 2.45) is 12.5 Å². The van der Waals surface area contributed by atoms with Gasteiger partial charge in [0, 0.05) is 38.7 Å². The van der Waals surface area contributed by atoms with Crippen molar-refractivity contribution >= 4 is 74.0 Å². The summed E-state index contributed by atoms with van der Waals surface area (Å²) in [4.78, 5) is 51.5. The molecule has 16 heteroatoms. The number of carbonyl (C=O) groups excluding carboxylic acids is 2. The SMILES string of the molecule is CC(=O)N(C1C(=O)N2CC(C(=O)O)(C(S)c3nnnn3C)CS[C@H]12)n1cc(Br)c(=O)c(Br)c1. The van der Waals surface area contributed by atoms with Gasteiger partial charge in [-0.2, -0.15) is 12.6 Å². The van der Waals surface area contributed by atoms with Gasteiger partial charge in [-0.25, -0.2) is 9.69 Å². The molecule has 2 aliphatic heterocycles. The van der Waals surface area contributed by atoms with Gasteiger partial charge >= 0.3 is 5.97 Å². The Balaban J connectivity index is 1.65. The van der Waals surface area contributed by atoms with E-state index < -0.39 is 39.9 Å². The molecule has 2 saturated heterocycles. The molecular weight excluding hydrogens is 606 g/mol. The largest absolute Gasteiger partial charge is 0.481 e. The van der Waals surface area contributed by atoms with Crippen LogP contribution in [0, 0.1) is 5.41 Å². The van der Waals surface area contributed by atoms with E-state index in [1.807, 2.05) is 0 Å². The second kappa shape index (κ2) is 8.70. The molecule has 2 fully saturated rings. The molecule has 2 aromatic rings. The summed E-state index contributed by atoms with van der Waals surface area (Å²) >= 11 is 12.1. The van der Waals surface area contributed by atoms with Gasteiger partial charge in [-0.05, 0) is 42.3 Å². The van der Waals surface area contributed by atoms with E-state index in [0.717, 1.165) is 0 Å². The van der Waals surface area contributed by atoms with Gasteiger partial charge in [0.05, 0.1) is 14.2 Å². The number of thiol groups is 1. The van der Waals surface area contributed by atoms with Crippen molar-refractivity contribution in [1.82, 2.24) is 29.8 Å². The number of rotatable bonds is 5. The molecule has 0 bridgehead atoms. The zero-order valence-electron chi connectivity index (χ0n) is 17.1. The summed E-state index contributed by atoms with van der Waals surface area (Å²) in [5.74, 6) is -1.54. The number of β-lactam (4-membered cyclic amide) rings is 1. The first-order chi connectivity index (χ1) is 15.5. The molecule has 3 unspecified atom stereocenters. The number of aliphatic carboxylic acids is 1. The smallest absolute Gasteiger partial charge is 0.313 e. The number of aryl methyl sites for hydroxylation is 1. The number of aromatic nitrogens is 5. The maximum atomic E-state index is 13.2. The number of carboxylic acids is 1. The highest BCUT2D eigenvalue weighted by Gasteiger charge is 2.62. The summed E-state index contributed by atoms with van der Waals surface area (Å²) in [5.41, 5.74) is -1.73. The number of amides is 2. The lowest BCUT2D eigenvalue weighted by atomic mass is 9.83. The average molecular weight is 623 g/mol. The predicted octanol–water partition coefficient (Wildman–Crippen LogP) is 0.407. The molecule has 176 valence electrons. The van der Waals surface area contributed by atoms with Crippen LogP contribution in [0.25, 0.3) is 0 Å². The van der Waals surface area contributed by atoms with Crippen LogP contribution < -0.4 is 10.4 Å². The molecule has 2 aliphatic rings. The fraction of sp³-hybridized carbons (Fsp3) is 0.471. The van der Waals surface area contributed by atoms with Crippen LogP contribution in [0.15, 0.2) is 26.1 Å². The van der Waals surface area contributed by atoms with E-state index in [-0.39, 0.29) is 32.5 Å². The lowest BCUT2D eigenvalue weighted by Crippen LogP contribution is -2.76. The zero-order valence-corrected chi connectivity index (χ0v) is 22.0. The van der Waals surface area contributed by atoms with Crippen LogP contribution in [0.4, 0.5) is 0 Å². The quantitative estimate of drug-likeness (QED) is 0.358. The van der Waals surface area contributed by atoms with Gasteiger partial charge < -0.3 is 10.0 Å². The van der Waals surface area contributed by atoms with Gasteiger partial charge in [-0.15, -0.1) is 16.9 Å². The van der Waals surface area contributed by atoms with Gasteiger partial charge in [-0.1, -0.05) is 0 Å². The first-order valence-electron chi connectivity index (χ1n) is 9.43. The summed E-state index contributed by atoms with van der Waals surface area (Å²) in [6.45, 7) is 1.20. The number of carbonyl (C=O) groups is 3. The standard InChI is InChI=1S/C17H17Br2N7O5S2/c1-7(27)26(24-3-8(18)11(28)9(19)4-24)10-14(29)25-5-17(16(30)31,6-33-15(10)25)12(32)13-20-21-22-23(13)2/h3-4,10,12,15,32H,5-6H2,1-2H3,(H,30,31)/t10?,12?,15-,17?/m1/s1. The first-order valence-corrected chi connectivity index (χ1v) is 12.6. The number of halogens is 2. The molecule has 0 saturated carbocycles. The van der Waals surface area contributed by atoms with Crippen molar-refractivity contribution in [1.29, 1.82) is 0 Å². The second-order valence-corrected chi connectivity index (χ2v) is 11.0. The lowest BCUT2D eigenvalue weighted by molar-refractivity contribution is -0.158. The Morgan fingerprint density at radius 1 is 1.33 bits per heavy atom. The van der Waals surface area contributed by atoms with Crippen molar-refractivity contribution in [2.75, 3.05) is 17.3 Å². The summed E-state index contributed by atoms with van der Waals surface area (Å²) in [6.07, 6.45) is 2.81. The van der Waals surface area contributed by atoms with Crippen molar-refractivity contribution in [3.8, 4) is 0 Å². The van der Waals surface area contributed by atoms with E-state index >= 15 is 0 Å². The summed E-state index contributed by atoms with van der Waals surface area (Å²) in [6, 6.07) is -0.865. The van der Waals surface area contributed by atoms with Crippen LogP contribution in [0.2, 0.25) is 0 Å². The van der Waals surface area contributed by atoms with E-state index in [2.05, 4.69) is 60.0 Å². The van der Waals surface area contributed by atoms with Crippen molar-refractivity contribution in [2.45, 2.75) is 23.6 Å². The minimum Gasteiger partial charge on any atom is -0.481 e. The van der Waals surface area contributed by atoms with Crippen molar-refractivity contribution in [3.63, 3.8) is 0 Å². The molecule has 4 atom stereocenters. The molecular formula is C17H17Br2N7O5S2. The van der Waals surface area contributed by atoms with E-state index in [0.29, 0.717) is 0 Å². The Labute approximate surface area is 213 Å². The number of hydrogen-bond donors (Lipinski definition) is 2. The van der Waals surface area contributed by atoms with Crippen LogP contribution in [-0.2, 0) is 21.4 Å². The highest BCUT2D eigenvalue weighted by atomic mass is 79.9. The Bertz CT molecular complexity index is 1200. The highest BCUT2D eigenvalue weighted by Crippen LogP contribution is 2.50. The Morgan fingerprint density at radius 3 is 2.48 bits per heavy atom. The summed E-state index contributed by atoms with van der Waals surface area (Å²) in [5, 5.41) is 21.2. The predicted molar refractivity (Wildman–Crippen MR) is 127 cm³/mol. The number of nitrogens with zero attached hydrogens (tertiary/aromatic N) is 7. The van der Waals surface area contributed by atoms with Gasteiger partial charge in [0.1, 0.15) is 10.8 Å². The van der Waals surface area contributed by atoms with E-state index in [1.165, 1.54) is 50.3 Å². The van der Waals surface area contributed by atoms with Crippen LogP contribution in [0.3, 0.4) is 0 Å². The molecule has 12 nitrogen and oxygen atoms in total. The van der Waals surface area contributed by atoms with E-state index in [4.69, 9.17) is 0 Å². The average Bonchev–Trinajstić information content (AvgIpc) is 3.19. The zero-order chi connectivity index (χ0) is 24.2. The van der Waals surface area contributed by atoms with E-state index in [9.17, 15) is 24.3 Å². The number of carboxylic acid groups (broad SMARTS) is 1. The normalized spacial score (nSPS) is 25.2. The molecule has 0 aromatic carbocycles. The topological polar surface area (TPSA) is 144 Å². The molecule has 0 spiro atoms. The minimum absolute atomic E-state index is 0.111. The third-order valence-corrected chi connectivity index (χ3v) is 9.07. The van der Waals surface area contributed by atoms with Gasteiger partial charge in [0.15, 0.2) is 11.9 Å². The van der Waals surface area contributed by atoms with Crippen molar-refractivity contribution in [3.05, 3.63) is 37.4 Å². The molecule has 1 N–H and O–H groups in total. The van der Waals surface area contributed by atoms with Crippen LogP contribution >= 0.6 is 56.3 Å². The number of pyridine rings is 1. The summed E-state index contributed by atoms with van der Waals surface area (Å²) in [7, 11) is 1.59. The maximum absolute atomic E-state index is 13.2. The highest BCUT2D eigenvalue weighted by molar-refractivity contribution is 9.11. The molecule has 0 radical (unpaired) electrons. The Kier molecular flexibility index (Phi) is 6.39. The van der Waals surface area contributed by atoms with Crippen LogP contribution in [-0.4, -0.2) is 76.4 Å². The fourth-order valence-corrected chi connectivity index (χ4v) is 7.28. The number of hydrogen-bond acceptors (Lipinski definition) is 9. The molecule has 4 rings (SSSR count). The lowest BCUT2D eigenvalue weighted by Gasteiger charge is -2.56. The number of tetrazole rings is 1. The molecule has 2 amide bonds. The fourth-order valence-electron chi connectivity index (χ4n) is 3.92. The van der Waals surface area contributed by atoms with Gasteiger partial charge in [0.2, 0.25) is 11.3 Å². The monoisotopic (exact) mass is 621 g/mol. The van der Waals surface area contributed by atoms with Crippen LogP contribution in [0.1, 0.15) is 18.0 Å². The number of fused-ring (bicyclic) bond motifs is 1. The molecule has 33 heavy (non-hydrogen) atoms. The number of thioether (sulfide) groups is 1. The molecule has 4 heterocycles. The minimum atomic E-state index is -1.43. The second-order valence-electron chi connectivity index (χ2n) is 7.66. The van der Waals surface area contributed by atoms with Crippen LogP contribution in [0.5, 0.6) is 0 Å². The van der Waals surface area contributed by atoms with Crippen molar-refractivity contribution < 1.29 is 19.5 Å². The Hall–Kier alpha value is -1.91. The maximum Gasteiger partial charge on any atom is 0.313 e. The summed E-state index contributed by atoms with van der Waals surface area (Å²) < 4.78 is 3.15. The van der Waals surface area contributed by atoms with Gasteiger partial charge in [-0.3, -0.25) is 23.9 Å². The third kappa shape index (κ3) is 3.80. The molecule has 0 aliphatic carbocycles. The van der Waals surface area contributed by atoms with E-state index in [1.54, 1.807) is 7.05 Å². The first kappa shape index (κ1) is 24.2. The molecule has 2 aromatic heterocycles. The van der Waals surface area contributed by atoms with Gasteiger partial charge in [0.25, 0.3) is 5.91 Å². The third-order valence-electron chi connectivity index (χ3n) is 5.68.